The van der Waals surface area contributed by atoms with Crippen molar-refractivity contribution in [1.29, 1.82) is 0 Å². The molecule has 0 spiro atoms. The predicted octanol–water partition coefficient (Wildman–Crippen LogP) is 3.11. The highest BCUT2D eigenvalue weighted by atomic mass is 16.1. The van der Waals surface area contributed by atoms with E-state index in [0.29, 0.717) is 30.5 Å². The average molecular weight is 197 g/mol. The third-order valence-corrected chi connectivity index (χ3v) is 2.00. The van der Waals surface area contributed by atoms with Crippen LogP contribution in [0, 0.1) is 11.8 Å². The van der Waals surface area contributed by atoms with Crippen LogP contribution < -0.4 is 0 Å². The zero-order valence-electron chi connectivity index (χ0n) is 10.1. The molecule has 0 radical (unpaired) electrons. The van der Waals surface area contributed by atoms with E-state index in [0.717, 1.165) is 12.1 Å². The minimum absolute atomic E-state index is 0.321. The highest BCUT2D eigenvalue weighted by Gasteiger charge is 2.10. The highest BCUT2D eigenvalue weighted by molar-refractivity contribution is 6.02. The maximum Gasteiger partial charge on any atom is 0.138 e. The van der Waals surface area contributed by atoms with Crippen LogP contribution in [0.3, 0.4) is 0 Å². The smallest absolute Gasteiger partial charge is 0.138 e. The second kappa shape index (κ2) is 6.74. The van der Waals surface area contributed by atoms with Crippen molar-refractivity contribution in [1.82, 2.24) is 0 Å². The molecule has 0 aliphatic rings. The summed E-state index contributed by atoms with van der Waals surface area (Å²) < 4.78 is 0. The van der Waals surface area contributed by atoms with Gasteiger partial charge < -0.3 is 0 Å². The lowest BCUT2D eigenvalue weighted by molar-refractivity contribution is -0.118. The Kier molecular flexibility index (Phi) is 6.43. The van der Waals surface area contributed by atoms with E-state index in [1.54, 1.807) is 7.05 Å². The van der Waals surface area contributed by atoms with E-state index in [9.17, 15) is 4.79 Å². The van der Waals surface area contributed by atoms with Crippen molar-refractivity contribution >= 4 is 11.5 Å². The van der Waals surface area contributed by atoms with Gasteiger partial charge >= 0.3 is 0 Å². The van der Waals surface area contributed by atoms with Crippen LogP contribution in [0.2, 0.25) is 0 Å². The Morgan fingerprint density at radius 2 is 1.57 bits per heavy atom. The maximum absolute atomic E-state index is 11.5. The van der Waals surface area contributed by atoms with E-state index >= 15 is 0 Å². The monoisotopic (exact) mass is 197 g/mol. The van der Waals surface area contributed by atoms with Crippen molar-refractivity contribution < 1.29 is 4.79 Å². The van der Waals surface area contributed by atoms with Gasteiger partial charge in [-0.15, -0.1) is 0 Å². The Morgan fingerprint density at radius 3 is 1.93 bits per heavy atom. The Balaban J connectivity index is 4.00. The SMILES string of the molecule is CN=C(CC(=O)CC(C)C)CC(C)C. The fourth-order valence-electron chi connectivity index (χ4n) is 1.47. The van der Waals surface area contributed by atoms with Gasteiger partial charge in [0.1, 0.15) is 5.78 Å². The summed E-state index contributed by atoms with van der Waals surface area (Å²) in [5.41, 5.74) is 1.05. The molecule has 0 N–H and O–H groups in total. The molecule has 0 aromatic carbocycles. The first-order valence-electron chi connectivity index (χ1n) is 5.42. The Labute approximate surface area is 87.8 Å². The number of hydrogen-bond acceptors (Lipinski definition) is 2. The van der Waals surface area contributed by atoms with E-state index in [1.807, 2.05) is 0 Å². The van der Waals surface area contributed by atoms with Crippen molar-refractivity contribution in [2.45, 2.75) is 47.0 Å². The predicted molar refractivity (Wildman–Crippen MR) is 61.9 cm³/mol. The minimum atomic E-state index is 0.321. The molecule has 82 valence electrons. The number of Topliss-reactive ketones (excluding diaryl/α,β-unsaturated/α-hetero) is 1. The van der Waals surface area contributed by atoms with Crippen LogP contribution in [0.15, 0.2) is 4.99 Å². The summed E-state index contributed by atoms with van der Waals surface area (Å²) in [4.78, 5) is 15.7. The first-order valence-corrected chi connectivity index (χ1v) is 5.42. The van der Waals surface area contributed by atoms with E-state index in [-0.39, 0.29) is 0 Å². The fourth-order valence-corrected chi connectivity index (χ4v) is 1.47. The number of ketones is 1. The lowest BCUT2D eigenvalue weighted by Crippen LogP contribution is -2.12. The minimum Gasteiger partial charge on any atom is -0.299 e. The highest BCUT2D eigenvalue weighted by Crippen LogP contribution is 2.08. The van der Waals surface area contributed by atoms with Crippen LogP contribution >= 0.6 is 0 Å². The number of carbonyl (C=O) groups is 1. The van der Waals surface area contributed by atoms with E-state index in [1.165, 1.54) is 0 Å². The van der Waals surface area contributed by atoms with Gasteiger partial charge in [-0.2, -0.15) is 0 Å². The fraction of sp³-hybridized carbons (Fsp3) is 0.833. The zero-order valence-corrected chi connectivity index (χ0v) is 10.1. The van der Waals surface area contributed by atoms with Crippen molar-refractivity contribution in [3.8, 4) is 0 Å². The molecule has 0 bridgehead atoms. The number of rotatable bonds is 6. The lowest BCUT2D eigenvalue weighted by atomic mass is 9.98. The molecule has 0 aliphatic heterocycles. The summed E-state index contributed by atoms with van der Waals surface area (Å²) >= 11 is 0. The van der Waals surface area contributed by atoms with Gasteiger partial charge in [0.2, 0.25) is 0 Å². The Bertz CT molecular complexity index is 204. The van der Waals surface area contributed by atoms with Crippen LogP contribution in [0.1, 0.15) is 47.0 Å². The van der Waals surface area contributed by atoms with Gasteiger partial charge in [0, 0.05) is 25.6 Å². The zero-order chi connectivity index (χ0) is 11.1. The summed E-state index contributed by atoms with van der Waals surface area (Å²) in [6, 6.07) is 0. The van der Waals surface area contributed by atoms with Gasteiger partial charge in [0.15, 0.2) is 0 Å². The number of hydrogen-bond donors (Lipinski definition) is 0. The van der Waals surface area contributed by atoms with Crippen LogP contribution in [0.5, 0.6) is 0 Å². The van der Waals surface area contributed by atoms with Crippen LogP contribution in [-0.2, 0) is 4.79 Å². The summed E-state index contributed by atoms with van der Waals surface area (Å²) in [6.07, 6.45) is 2.17. The van der Waals surface area contributed by atoms with Gasteiger partial charge in [-0.3, -0.25) is 9.79 Å². The summed E-state index contributed by atoms with van der Waals surface area (Å²) in [7, 11) is 1.78. The second-order valence-corrected chi connectivity index (χ2v) is 4.70. The molecule has 0 unspecified atom stereocenters. The molecule has 0 atom stereocenters. The van der Waals surface area contributed by atoms with E-state index in [2.05, 4.69) is 32.7 Å². The van der Waals surface area contributed by atoms with Crippen molar-refractivity contribution in [2.24, 2.45) is 16.8 Å². The van der Waals surface area contributed by atoms with Crippen LogP contribution in [-0.4, -0.2) is 18.5 Å². The van der Waals surface area contributed by atoms with Gasteiger partial charge in [0.05, 0.1) is 0 Å². The molecule has 0 saturated carbocycles. The van der Waals surface area contributed by atoms with Gasteiger partial charge in [-0.25, -0.2) is 0 Å². The molecule has 0 aromatic heterocycles. The normalized spacial score (nSPS) is 12.6. The number of carbonyl (C=O) groups excluding carboxylic acids is 1. The molecule has 2 heteroatoms. The average Bonchev–Trinajstić information content (AvgIpc) is 2.00. The molecule has 0 amide bonds. The second-order valence-electron chi connectivity index (χ2n) is 4.70. The van der Waals surface area contributed by atoms with Gasteiger partial charge in [-0.05, 0) is 18.3 Å². The molecule has 0 saturated heterocycles. The number of aliphatic imine (C=N–C) groups is 1. The van der Waals surface area contributed by atoms with E-state index in [4.69, 9.17) is 0 Å². The largest absolute Gasteiger partial charge is 0.299 e. The van der Waals surface area contributed by atoms with Crippen molar-refractivity contribution in [2.75, 3.05) is 7.05 Å². The maximum atomic E-state index is 11.5. The molecule has 0 fully saturated rings. The molecule has 14 heavy (non-hydrogen) atoms. The Morgan fingerprint density at radius 1 is 1.07 bits per heavy atom. The quantitative estimate of drug-likeness (QED) is 0.602. The summed E-state index contributed by atoms with van der Waals surface area (Å²) in [5.74, 6) is 1.36. The van der Waals surface area contributed by atoms with Gasteiger partial charge in [-0.1, -0.05) is 27.7 Å². The van der Waals surface area contributed by atoms with Crippen molar-refractivity contribution in [3.63, 3.8) is 0 Å². The standard InChI is InChI=1S/C12H23NO/c1-9(2)6-11(13-5)8-12(14)7-10(3)4/h9-10H,6-8H2,1-5H3. The van der Waals surface area contributed by atoms with E-state index < -0.39 is 0 Å². The number of nitrogens with zero attached hydrogens (tertiary/aromatic N) is 1. The first-order chi connectivity index (χ1) is 6.45. The topological polar surface area (TPSA) is 29.4 Å². The first kappa shape index (κ1) is 13.3. The lowest BCUT2D eigenvalue weighted by Gasteiger charge is -2.08. The molecule has 0 rings (SSSR count). The van der Waals surface area contributed by atoms with Crippen molar-refractivity contribution in [3.05, 3.63) is 0 Å². The summed E-state index contributed by atoms with van der Waals surface area (Å²) in [6.45, 7) is 8.45. The van der Waals surface area contributed by atoms with Crippen LogP contribution in [0.4, 0.5) is 0 Å². The third kappa shape index (κ3) is 6.81. The summed E-state index contributed by atoms with van der Waals surface area (Å²) in [5, 5.41) is 0. The molecule has 0 aromatic rings. The molecular formula is C12H23NO. The molecule has 2 nitrogen and oxygen atoms in total. The Hall–Kier alpha value is -0.660. The van der Waals surface area contributed by atoms with Crippen LogP contribution in [0.25, 0.3) is 0 Å². The molecular weight excluding hydrogens is 174 g/mol. The third-order valence-electron chi connectivity index (χ3n) is 2.00. The van der Waals surface area contributed by atoms with Gasteiger partial charge in [0.25, 0.3) is 0 Å². The molecule has 0 aliphatic carbocycles. The molecule has 0 heterocycles.